The molecule has 1 N–H and O–H groups in total. The molecule has 58 valence electrons. The van der Waals surface area contributed by atoms with E-state index in [0.717, 1.165) is 12.8 Å². The Morgan fingerprint density at radius 2 is 2.00 bits per heavy atom. The number of hydrogen-bond donors (Lipinski definition) is 1. The van der Waals surface area contributed by atoms with Crippen molar-refractivity contribution in [2.45, 2.75) is 18.9 Å². The topological polar surface area (TPSA) is 40.5 Å². The van der Waals surface area contributed by atoms with Crippen molar-refractivity contribution >= 4 is 5.97 Å². The summed E-state index contributed by atoms with van der Waals surface area (Å²) in [6.07, 6.45) is 1.64. The van der Waals surface area contributed by atoms with E-state index in [2.05, 4.69) is 4.90 Å². The average molecular weight is 143 g/mol. The number of aliphatic carboxylic acids is 1. The second kappa shape index (κ2) is 2.58. The van der Waals surface area contributed by atoms with Crippen LogP contribution < -0.4 is 0 Å². The molecule has 0 spiro atoms. The van der Waals surface area contributed by atoms with E-state index in [-0.39, 0.29) is 5.92 Å². The van der Waals surface area contributed by atoms with Crippen LogP contribution in [0, 0.1) is 5.92 Å². The molecule has 1 saturated carbocycles. The normalized spacial score (nSPS) is 31.9. The zero-order valence-corrected chi connectivity index (χ0v) is 6.37. The molecule has 0 atom stereocenters. The molecule has 1 aliphatic rings. The minimum atomic E-state index is -0.641. The van der Waals surface area contributed by atoms with Crippen LogP contribution in [-0.4, -0.2) is 36.1 Å². The molecule has 0 aromatic carbocycles. The smallest absolute Gasteiger partial charge is 0.306 e. The fourth-order valence-corrected chi connectivity index (χ4v) is 1.21. The van der Waals surface area contributed by atoms with E-state index >= 15 is 0 Å². The van der Waals surface area contributed by atoms with Gasteiger partial charge in [0.2, 0.25) is 0 Å². The van der Waals surface area contributed by atoms with Crippen LogP contribution >= 0.6 is 0 Å². The summed E-state index contributed by atoms with van der Waals surface area (Å²) >= 11 is 0. The number of carbonyl (C=O) groups is 1. The predicted molar refractivity (Wildman–Crippen MR) is 37.8 cm³/mol. The van der Waals surface area contributed by atoms with Crippen LogP contribution in [0.1, 0.15) is 12.8 Å². The van der Waals surface area contributed by atoms with Gasteiger partial charge >= 0.3 is 5.97 Å². The van der Waals surface area contributed by atoms with E-state index in [9.17, 15) is 4.79 Å². The minimum Gasteiger partial charge on any atom is -0.481 e. The molecule has 0 unspecified atom stereocenters. The first-order valence-electron chi connectivity index (χ1n) is 3.50. The highest BCUT2D eigenvalue weighted by atomic mass is 16.4. The molecule has 1 fully saturated rings. The van der Waals surface area contributed by atoms with E-state index in [4.69, 9.17) is 5.11 Å². The summed E-state index contributed by atoms with van der Waals surface area (Å²) in [6.45, 7) is 0. The molecule has 1 rings (SSSR count). The number of nitrogens with zero attached hydrogens (tertiary/aromatic N) is 1. The Labute approximate surface area is 60.6 Å². The molecular weight excluding hydrogens is 130 g/mol. The van der Waals surface area contributed by atoms with Crippen LogP contribution in [0.3, 0.4) is 0 Å². The quantitative estimate of drug-likeness (QED) is 0.608. The molecule has 0 amide bonds. The van der Waals surface area contributed by atoms with Gasteiger partial charge in [0, 0.05) is 6.04 Å². The van der Waals surface area contributed by atoms with E-state index in [1.54, 1.807) is 0 Å². The molecule has 0 heterocycles. The lowest BCUT2D eigenvalue weighted by Crippen LogP contribution is -2.43. The van der Waals surface area contributed by atoms with Gasteiger partial charge in [-0.1, -0.05) is 0 Å². The van der Waals surface area contributed by atoms with Gasteiger partial charge in [0.1, 0.15) is 0 Å². The van der Waals surface area contributed by atoms with E-state index in [0.29, 0.717) is 6.04 Å². The standard InChI is InChI=1S/C7H13NO2/c1-8(2)6-3-5(4-6)7(9)10/h5-6H,3-4H2,1-2H3,(H,9,10)/t5-,6+. The summed E-state index contributed by atoms with van der Waals surface area (Å²) in [5.41, 5.74) is 0. The van der Waals surface area contributed by atoms with Crippen molar-refractivity contribution in [3.05, 3.63) is 0 Å². The van der Waals surface area contributed by atoms with Crippen LogP contribution in [0.2, 0.25) is 0 Å². The molecule has 3 heteroatoms. The van der Waals surface area contributed by atoms with Gasteiger partial charge in [0.25, 0.3) is 0 Å². The summed E-state index contributed by atoms with van der Waals surface area (Å²) in [5, 5.41) is 8.51. The summed E-state index contributed by atoms with van der Waals surface area (Å²) in [6, 6.07) is 0.501. The molecule has 0 aliphatic heterocycles. The molecule has 1 aliphatic carbocycles. The maximum Gasteiger partial charge on any atom is 0.306 e. The zero-order valence-electron chi connectivity index (χ0n) is 6.37. The lowest BCUT2D eigenvalue weighted by molar-refractivity contribution is -0.146. The molecule has 0 bridgehead atoms. The molecule has 0 radical (unpaired) electrons. The van der Waals surface area contributed by atoms with Crippen molar-refractivity contribution in [3.63, 3.8) is 0 Å². The van der Waals surface area contributed by atoms with E-state index < -0.39 is 5.97 Å². The third-order valence-electron chi connectivity index (χ3n) is 2.19. The monoisotopic (exact) mass is 143 g/mol. The van der Waals surface area contributed by atoms with E-state index in [1.165, 1.54) is 0 Å². The first kappa shape index (κ1) is 7.54. The van der Waals surface area contributed by atoms with Crippen molar-refractivity contribution < 1.29 is 9.90 Å². The molecule has 0 saturated heterocycles. The van der Waals surface area contributed by atoms with E-state index in [1.807, 2.05) is 14.1 Å². The van der Waals surface area contributed by atoms with Gasteiger partial charge in [-0.2, -0.15) is 0 Å². The average Bonchev–Trinajstić information content (AvgIpc) is 1.56. The van der Waals surface area contributed by atoms with Gasteiger partial charge in [-0.3, -0.25) is 4.79 Å². The van der Waals surface area contributed by atoms with Crippen LogP contribution in [-0.2, 0) is 4.79 Å². The Balaban J connectivity index is 2.24. The summed E-state index contributed by atoms with van der Waals surface area (Å²) in [4.78, 5) is 12.4. The molecule has 0 aromatic rings. The lowest BCUT2D eigenvalue weighted by Gasteiger charge is -2.36. The molecule has 3 nitrogen and oxygen atoms in total. The van der Waals surface area contributed by atoms with Gasteiger partial charge in [-0.25, -0.2) is 0 Å². The van der Waals surface area contributed by atoms with Crippen molar-refractivity contribution in [2.75, 3.05) is 14.1 Å². The third-order valence-corrected chi connectivity index (χ3v) is 2.19. The summed E-state index contributed by atoms with van der Waals surface area (Å²) in [5.74, 6) is -0.717. The summed E-state index contributed by atoms with van der Waals surface area (Å²) in [7, 11) is 3.98. The van der Waals surface area contributed by atoms with Gasteiger partial charge in [0.05, 0.1) is 5.92 Å². The van der Waals surface area contributed by atoms with Crippen molar-refractivity contribution in [2.24, 2.45) is 5.92 Å². The maximum atomic E-state index is 10.3. The second-order valence-corrected chi connectivity index (χ2v) is 3.12. The second-order valence-electron chi connectivity index (χ2n) is 3.12. The maximum absolute atomic E-state index is 10.3. The number of hydrogen-bond acceptors (Lipinski definition) is 2. The van der Waals surface area contributed by atoms with Crippen LogP contribution in [0.5, 0.6) is 0 Å². The Morgan fingerprint density at radius 1 is 1.50 bits per heavy atom. The SMILES string of the molecule is CN(C)[C@H]1C[C@@H](C(=O)O)C1. The fraction of sp³-hybridized carbons (Fsp3) is 0.857. The van der Waals surface area contributed by atoms with Crippen LogP contribution in [0.4, 0.5) is 0 Å². The van der Waals surface area contributed by atoms with Gasteiger partial charge < -0.3 is 10.0 Å². The van der Waals surface area contributed by atoms with Crippen molar-refractivity contribution in [1.29, 1.82) is 0 Å². The Bertz CT molecular complexity index is 139. The number of carboxylic acids is 1. The zero-order chi connectivity index (χ0) is 7.72. The van der Waals surface area contributed by atoms with Gasteiger partial charge in [-0.05, 0) is 26.9 Å². The number of carboxylic acid groups (broad SMARTS) is 1. The number of rotatable bonds is 2. The molecule has 0 aromatic heterocycles. The molecular formula is C7H13NO2. The minimum absolute atomic E-state index is 0.0765. The highest BCUT2D eigenvalue weighted by Crippen LogP contribution is 2.30. The Kier molecular flexibility index (Phi) is 1.94. The Hall–Kier alpha value is -0.570. The largest absolute Gasteiger partial charge is 0.481 e. The highest BCUT2D eigenvalue weighted by Gasteiger charge is 2.35. The van der Waals surface area contributed by atoms with Gasteiger partial charge in [0.15, 0.2) is 0 Å². The van der Waals surface area contributed by atoms with Crippen molar-refractivity contribution in [3.8, 4) is 0 Å². The van der Waals surface area contributed by atoms with Gasteiger partial charge in [-0.15, -0.1) is 0 Å². The lowest BCUT2D eigenvalue weighted by atomic mass is 9.80. The van der Waals surface area contributed by atoms with Crippen molar-refractivity contribution in [1.82, 2.24) is 4.90 Å². The van der Waals surface area contributed by atoms with Crippen LogP contribution in [0.25, 0.3) is 0 Å². The first-order chi connectivity index (χ1) is 4.61. The molecule has 10 heavy (non-hydrogen) atoms. The van der Waals surface area contributed by atoms with Crippen LogP contribution in [0.15, 0.2) is 0 Å². The first-order valence-corrected chi connectivity index (χ1v) is 3.50. The highest BCUT2D eigenvalue weighted by molar-refractivity contribution is 5.71. The fourth-order valence-electron chi connectivity index (χ4n) is 1.21. The Morgan fingerprint density at radius 3 is 2.30 bits per heavy atom. The predicted octanol–water partition coefficient (Wildman–Crippen LogP) is 0.411. The summed E-state index contributed by atoms with van der Waals surface area (Å²) < 4.78 is 0. The third kappa shape index (κ3) is 1.29.